The number of amides is 1. The Kier molecular flexibility index (Phi) is 3.02. The van der Waals surface area contributed by atoms with Gasteiger partial charge in [-0.15, -0.1) is 0 Å². The third kappa shape index (κ3) is 2.18. The topological polar surface area (TPSA) is 46.3 Å². The molecule has 1 aliphatic rings. The van der Waals surface area contributed by atoms with Crippen LogP contribution >= 0.6 is 0 Å². The molecule has 2 rings (SSSR count). The second kappa shape index (κ2) is 4.45. The van der Waals surface area contributed by atoms with Crippen molar-refractivity contribution in [3.8, 4) is 0 Å². The van der Waals surface area contributed by atoms with Gasteiger partial charge in [-0.25, -0.2) is 0 Å². The first-order chi connectivity index (χ1) is 7.31. The summed E-state index contributed by atoms with van der Waals surface area (Å²) in [5, 5.41) is 0. The first-order valence-corrected chi connectivity index (χ1v) is 5.35. The average Bonchev–Trinajstić information content (AvgIpc) is 2.78. The monoisotopic (exact) mass is 204 g/mol. The van der Waals surface area contributed by atoms with Crippen LogP contribution in [0.1, 0.15) is 16.8 Å². The van der Waals surface area contributed by atoms with E-state index in [1.807, 2.05) is 35.2 Å². The maximum absolute atomic E-state index is 12.0. The minimum atomic E-state index is 0.131. The third-order valence-electron chi connectivity index (χ3n) is 2.93. The second-order valence-corrected chi connectivity index (χ2v) is 4.01. The Morgan fingerprint density at radius 1 is 1.40 bits per heavy atom. The Morgan fingerprint density at radius 3 is 2.73 bits per heavy atom. The first-order valence-electron chi connectivity index (χ1n) is 5.35. The fraction of sp³-hybridized carbons (Fsp3) is 0.417. The summed E-state index contributed by atoms with van der Waals surface area (Å²) in [5.74, 6) is 0.615. The van der Waals surface area contributed by atoms with Gasteiger partial charge < -0.3 is 10.6 Å². The molecule has 0 bridgehead atoms. The third-order valence-corrected chi connectivity index (χ3v) is 2.93. The fourth-order valence-corrected chi connectivity index (χ4v) is 1.97. The van der Waals surface area contributed by atoms with Gasteiger partial charge in [-0.2, -0.15) is 0 Å². The molecule has 2 N–H and O–H groups in total. The van der Waals surface area contributed by atoms with E-state index in [0.29, 0.717) is 12.5 Å². The maximum Gasteiger partial charge on any atom is 0.253 e. The molecule has 0 aromatic heterocycles. The predicted octanol–water partition coefficient (Wildman–Crippen LogP) is 1.11. The van der Waals surface area contributed by atoms with Crippen LogP contribution in [0.2, 0.25) is 0 Å². The highest BCUT2D eigenvalue weighted by Gasteiger charge is 2.25. The van der Waals surface area contributed by atoms with E-state index in [2.05, 4.69) is 0 Å². The maximum atomic E-state index is 12.0. The molecule has 1 atom stereocenters. The van der Waals surface area contributed by atoms with Crippen LogP contribution in [0.3, 0.4) is 0 Å². The molecule has 1 aliphatic heterocycles. The summed E-state index contributed by atoms with van der Waals surface area (Å²) in [5.41, 5.74) is 6.37. The van der Waals surface area contributed by atoms with Gasteiger partial charge in [0.2, 0.25) is 0 Å². The van der Waals surface area contributed by atoms with Crippen molar-refractivity contribution < 1.29 is 4.79 Å². The SMILES string of the molecule is NC[C@H]1CCN(C(=O)c2ccccc2)C1. The van der Waals surface area contributed by atoms with E-state index < -0.39 is 0 Å². The lowest BCUT2D eigenvalue weighted by atomic mass is 10.1. The van der Waals surface area contributed by atoms with Crippen LogP contribution in [0.4, 0.5) is 0 Å². The Balaban J connectivity index is 2.04. The van der Waals surface area contributed by atoms with E-state index in [-0.39, 0.29) is 5.91 Å². The van der Waals surface area contributed by atoms with E-state index in [1.165, 1.54) is 0 Å². The standard InChI is InChI=1S/C12H16N2O/c13-8-10-6-7-14(9-10)12(15)11-4-2-1-3-5-11/h1-5,10H,6-9,13H2/t10-/m1/s1. The fourth-order valence-electron chi connectivity index (χ4n) is 1.97. The molecule has 3 heteroatoms. The average molecular weight is 204 g/mol. The molecule has 0 unspecified atom stereocenters. The minimum absolute atomic E-state index is 0.131. The molecule has 0 spiro atoms. The van der Waals surface area contributed by atoms with Gasteiger partial charge in [0.1, 0.15) is 0 Å². The van der Waals surface area contributed by atoms with Gasteiger partial charge in [0.15, 0.2) is 0 Å². The zero-order valence-electron chi connectivity index (χ0n) is 8.73. The molecule has 1 fully saturated rings. The van der Waals surface area contributed by atoms with Gasteiger partial charge in [0.05, 0.1) is 0 Å². The molecule has 3 nitrogen and oxygen atoms in total. The number of rotatable bonds is 2. The van der Waals surface area contributed by atoms with Crippen LogP contribution in [0.25, 0.3) is 0 Å². The summed E-state index contributed by atoms with van der Waals surface area (Å²) < 4.78 is 0. The quantitative estimate of drug-likeness (QED) is 0.784. The normalized spacial score (nSPS) is 20.6. The molecule has 1 aromatic carbocycles. The number of carbonyl (C=O) groups excluding carboxylic acids is 1. The summed E-state index contributed by atoms with van der Waals surface area (Å²) >= 11 is 0. The summed E-state index contributed by atoms with van der Waals surface area (Å²) in [7, 11) is 0. The van der Waals surface area contributed by atoms with E-state index in [0.717, 1.165) is 25.1 Å². The van der Waals surface area contributed by atoms with Crippen molar-refractivity contribution in [1.82, 2.24) is 4.90 Å². The zero-order valence-corrected chi connectivity index (χ0v) is 8.73. The van der Waals surface area contributed by atoms with Crippen molar-refractivity contribution in [2.45, 2.75) is 6.42 Å². The van der Waals surface area contributed by atoms with Crippen molar-refractivity contribution in [2.24, 2.45) is 11.7 Å². The van der Waals surface area contributed by atoms with Gasteiger partial charge in [-0.3, -0.25) is 4.79 Å². The van der Waals surface area contributed by atoms with Crippen molar-refractivity contribution in [2.75, 3.05) is 19.6 Å². The summed E-state index contributed by atoms with van der Waals surface area (Å²) in [6, 6.07) is 9.42. The van der Waals surface area contributed by atoms with Crippen LogP contribution in [-0.4, -0.2) is 30.4 Å². The Morgan fingerprint density at radius 2 is 2.13 bits per heavy atom. The van der Waals surface area contributed by atoms with Gasteiger partial charge in [-0.05, 0) is 31.0 Å². The molecular formula is C12H16N2O. The molecule has 15 heavy (non-hydrogen) atoms. The second-order valence-electron chi connectivity index (χ2n) is 4.01. The Labute approximate surface area is 89.9 Å². The first kappa shape index (κ1) is 10.2. The van der Waals surface area contributed by atoms with E-state index >= 15 is 0 Å². The lowest BCUT2D eigenvalue weighted by Crippen LogP contribution is -2.29. The van der Waals surface area contributed by atoms with Crippen molar-refractivity contribution in [3.05, 3.63) is 35.9 Å². The number of nitrogens with zero attached hydrogens (tertiary/aromatic N) is 1. The minimum Gasteiger partial charge on any atom is -0.338 e. The molecule has 0 aliphatic carbocycles. The molecular weight excluding hydrogens is 188 g/mol. The van der Waals surface area contributed by atoms with E-state index in [1.54, 1.807) is 0 Å². The van der Waals surface area contributed by atoms with Gasteiger partial charge >= 0.3 is 0 Å². The van der Waals surface area contributed by atoms with E-state index in [4.69, 9.17) is 5.73 Å². The lowest BCUT2D eigenvalue weighted by molar-refractivity contribution is 0.0787. The van der Waals surface area contributed by atoms with Crippen molar-refractivity contribution >= 4 is 5.91 Å². The molecule has 1 heterocycles. The molecule has 1 aromatic rings. The van der Waals surface area contributed by atoms with Gasteiger partial charge in [-0.1, -0.05) is 18.2 Å². The number of likely N-dealkylation sites (tertiary alicyclic amines) is 1. The Bertz CT molecular complexity index is 337. The number of carbonyl (C=O) groups is 1. The number of benzene rings is 1. The van der Waals surface area contributed by atoms with Gasteiger partial charge in [0.25, 0.3) is 5.91 Å². The van der Waals surface area contributed by atoms with E-state index in [9.17, 15) is 4.79 Å². The number of hydrogen-bond acceptors (Lipinski definition) is 2. The highest BCUT2D eigenvalue weighted by molar-refractivity contribution is 5.94. The van der Waals surface area contributed by atoms with Crippen molar-refractivity contribution in [3.63, 3.8) is 0 Å². The molecule has 1 saturated heterocycles. The Hall–Kier alpha value is -1.35. The predicted molar refractivity (Wildman–Crippen MR) is 59.5 cm³/mol. The molecule has 0 saturated carbocycles. The smallest absolute Gasteiger partial charge is 0.253 e. The molecule has 80 valence electrons. The summed E-state index contributed by atoms with van der Waals surface area (Å²) in [6.07, 6.45) is 1.04. The van der Waals surface area contributed by atoms with Gasteiger partial charge in [0, 0.05) is 18.7 Å². The summed E-state index contributed by atoms with van der Waals surface area (Å²) in [6.45, 7) is 2.33. The molecule has 0 radical (unpaired) electrons. The number of nitrogens with two attached hydrogens (primary N) is 1. The van der Waals surface area contributed by atoms with Crippen LogP contribution in [0.5, 0.6) is 0 Å². The number of hydrogen-bond donors (Lipinski definition) is 1. The van der Waals surface area contributed by atoms with Crippen LogP contribution in [0, 0.1) is 5.92 Å². The highest BCUT2D eigenvalue weighted by Crippen LogP contribution is 2.17. The highest BCUT2D eigenvalue weighted by atomic mass is 16.2. The van der Waals surface area contributed by atoms with Crippen LogP contribution in [0.15, 0.2) is 30.3 Å². The van der Waals surface area contributed by atoms with Crippen LogP contribution in [-0.2, 0) is 0 Å². The largest absolute Gasteiger partial charge is 0.338 e. The van der Waals surface area contributed by atoms with Crippen molar-refractivity contribution in [1.29, 1.82) is 0 Å². The summed E-state index contributed by atoms with van der Waals surface area (Å²) in [4.78, 5) is 13.9. The van der Waals surface area contributed by atoms with Crippen LogP contribution < -0.4 is 5.73 Å². The lowest BCUT2D eigenvalue weighted by Gasteiger charge is -2.16. The zero-order chi connectivity index (χ0) is 10.7. The molecule has 1 amide bonds.